The van der Waals surface area contributed by atoms with Crippen molar-refractivity contribution in [3.63, 3.8) is 0 Å². The minimum atomic E-state index is 0.465. The molecule has 178 valence electrons. The van der Waals surface area contributed by atoms with Crippen molar-refractivity contribution in [3.8, 4) is 0 Å². The summed E-state index contributed by atoms with van der Waals surface area (Å²) in [5.41, 5.74) is 1.05. The van der Waals surface area contributed by atoms with E-state index in [1.807, 2.05) is 0 Å². The third-order valence-electron chi connectivity index (χ3n) is 11.8. The lowest BCUT2D eigenvalue weighted by Crippen LogP contribution is -2.53. The van der Waals surface area contributed by atoms with Crippen LogP contribution in [0.1, 0.15) is 125 Å². The first-order valence-electron chi connectivity index (χ1n) is 14.2. The van der Waals surface area contributed by atoms with Gasteiger partial charge in [0.2, 0.25) is 0 Å². The fraction of sp³-hybridized carbons (Fsp3) is 0.967. The second-order valence-electron chi connectivity index (χ2n) is 13.5. The van der Waals surface area contributed by atoms with Crippen molar-refractivity contribution in [3.05, 3.63) is 0 Å². The van der Waals surface area contributed by atoms with Gasteiger partial charge in [-0.05, 0) is 110 Å². The maximum Gasteiger partial charge on any atom is 0.133 e. The van der Waals surface area contributed by atoms with E-state index in [2.05, 4.69) is 41.5 Å². The Morgan fingerprint density at radius 1 is 0.871 bits per heavy atom. The van der Waals surface area contributed by atoms with Gasteiger partial charge in [0.1, 0.15) is 5.78 Å². The smallest absolute Gasteiger partial charge is 0.133 e. The van der Waals surface area contributed by atoms with Crippen LogP contribution in [0.3, 0.4) is 0 Å². The van der Waals surface area contributed by atoms with Gasteiger partial charge in [0.05, 0.1) is 0 Å². The normalized spacial score (nSPS) is 44.5. The Balaban J connectivity index is 1.44. The summed E-state index contributed by atoms with van der Waals surface area (Å²) in [4.78, 5) is 12.2. The molecule has 0 spiro atoms. The van der Waals surface area contributed by atoms with Crippen molar-refractivity contribution in [2.24, 2.45) is 58.2 Å². The predicted octanol–water partition coefficient (Wildman–Crippen LogP) is 8.70. The van der Waals surface area contributed by atoms with Gasteiger partial charge in [0, 0.05) is 12.8 Å². The van der Waals surface area contributed by atoms with Crippen LogP contribution in [0.25, 0.3) is 0 Å². The van der Waals surface area contributed by atoms with Gasteiger partial charge in [-0.1, -0.05) is 60.8 Å². The minimum absolute atomic E-state index is 0.465. The maximum absolute atomic E-state index is 12.2. The number of fused-ring (bicyclic) bond motifs is 5. The van der Waals surface area contributed by atoms with Crippen molar-refractivity contribution in [2.45, 2.75) is 125 Å². The molecule has 0 radical (unpaired) electrons. The van der Waals surface area contributed by atoms with E-state index in [0.717, 1.165) is 54.3 Å². The minimum Gasteiger partial charge on any atom is -0.300 e. The van der Waals surface area contributed by atoms with Crippen LogP contribution >= 0.6 is 0 Å². The molecule has 1 nitrogen and oxygen atoms in total. The van der Waals surface area contributed by atoms with Crippen molar-refractivity contribution in [1.29, 1.82) is 0 Å². The van der Waals surface area contributed by atoms with Crippen LogP contribution in [0.15, 0.2) is 0 Å². The van der Waals surface area contributed by atoms with Crippen LogP contribution in [-0.2, 0) is 4.79 Å². The van der Waals surface area contributed by atoms with E-state index >= 15 is 0 Å². The van der Waals surface area contributed by atoms with E-state index in [1.54, 1.807) is 0 Å². The standard InChI is InChI=1S/C30H52O/c1-7-8-22(20(2)3)10-9-21(4)26-13-14-27-25-12-11-23-19-24(31)15-17-29(23,5)28(25)16-18-30(26,27)6/h20-23,25-28H,7-19H2,1-6H3/t21-,22-,23-,25+,26-,27?,28?,29+,30-/m1/s1. The summed E-state index contributed by atoms with van der Waals surface area (Å²) in [6.45, 7) is 15.2. The summed E-state index contributed by atoms with van der Waals surface area (Å²) < 4.78 is 0. The number of rotatable bonds is 7. The number of ketones is 1. The van der Waals surface area contributed by atoms with E-state index in [-0.39, 0.29) is 0 Å². The van der Waals surface area contributed by atoms with E-state index in [4.69, 9.17) is 0 Å². The second kappa shape index (κ2) is 9.13. The molecule has 2 unspecified atom stereocenters. The first-order valence-corrected chi connectivity index (χ1v) is 14.2. The molecule has 4 saturated carbocycles. The molecule has 9 atom stereocenters. The predicted molar refractivity (Wildman–Crippen MR) is 132 cm³/mol. The average Bonchev–Trinajstić information content (AvgIpc) is 3.08. The Hall–Kier alpha value is -0.330. The van der Waals surface area contributed by atoms with Crippen molar-refractivity contribution >= 4 is 5.78 Å². The molecule has 0 N–H and O–H groups in total. The highest BCUT2D eigenvalue weighted by Gasteiger charge is 2.60. The average molecular weight is 429 g/mol. The van der Waals surface area contributed by atoms with Crippen LogP contribution in [0, 0.1) is 58.2 Å². The Bertz CT molecular complexity index is 636. The fourth-order valence-electron chi connectivity index (χ4n) is 9.88. The summed E-state index contributed by atoms with van der Waals surface area (Å²) in [6.07, 6.45) is 17.3. The topological polar surface area (TPSA) is 17.1 Å². The van der Waals surface area contributed by atoms with Gasteiger partial charge in [-0.15, -0.1) is 0 Å². The first-order chi connectivity index (χ1) is 14.7. The zero-order chi connectivity index (χ0) is 22.4. The van der Waals surface area contributed by atoms with Crippen LogP contribution in [0.4, 0.5) is 0 Å². The number of hydrogen-bond acceptors (Lipinski definition) is 1. The van der Waals surface area contributed by atoms with Crippen molar-refractivity contribution in [1.82, 2.24) is 0 Å². The third-order valence-corrected chi connectivity index (χ3v) is 11.8. The van der Waals surface area contributed by atoms with Crippen LogP contribution < -0.4 is 0 Å². The van der Waals surface area contributed by atoms with E-state index in [0.29, 0.717) is 22.5 Å². The monoisotopic (exact) mass is 428 g/mol. The van der Waals surface area contributed by atoms with E-state index < -0.39 is 0 Å². The summed E-state index contributed by atoms with van der Waals surface area (Å²) >= 11 is 0. The molecule has 4 fully saturated rings. The molecular weight excluding hydrogens is 376 g/mol. The SMILES string of the molecule is CCC[C@H](CC[C@@H](C)[C@H]1CCC2[C@@H]3CC[C@@H]4CC(=O)CC[C@]4(C)C3CC[C@@]21C)C(C)C. The van der Waals surface area contributed by atoms with Gasteiger partial charge < -0.3 is 0 Å². The molecule has 0 heterocycles. The van der Waals surface area contributed by atoms with Crippen LogP contribution in [0.5, 0.6) is 0 Å². The summed E-state index contributed by atoms with van der Waals surface area (Å²) in [5.74, 6) is 7.68. The molecular formula is C30H52O. The summed E-state index contributed by atoms with van der Waals surface area (Å²) in [6, 6.07) is 0. The zero-order valence-electron chi connectivity index (χ0n) is 21.7. The molecule has 0 saturated heterocycles. The molecule has 0 aromatic carbocycles. The second-order valence-corrected chi connectivity index (χ2v) is 13.5. The number of Topliss-reactive ketones (excluding diaryl/α,β-unsaturated/α-hetero) is 1. The van der Waals surface area contributed by atoms with Gasteiger partial charge >= 0.3 is 0 Å². The molecule has 4 aliphatic rings. The van der Waals surface area contributed by atoms with Gasteiger partial charge in [0.15, 0.2) is 0 Å². The number of hydrogen-bond donors (Lipinski definition) is 0. The summed E-state index contributed by atoms with van der Waals surface area (Å²) in [7, 11) is 0. The highest BCUT2D eigenvalue weighted by molar-refractivity contribution is 5.79. The quantitative estimate of drug-likeness (QED) is 0.396. The van der Waals surface area contributed by atoms with Gasteiger partial charge in [0.25, 0.3) is 0 Å². The molecule has 4 aliphatic carbocycles. The molecule has 0 aromatic rings. The zero-order valence-corrected chi connectivity index (χ0v) is 21.7. The van der Waals surface area contributed by atoms with E-state index in [1.165, 1.54) is 70.6 Å². The lowest BCUT2D eigenvalue weighted by Gasteiger charge is -2.60. The largest absolute Gasteiger partial charge is 0.300 e. The molecule has 4 rings (SSSR count). The Kier molecular flexibility index (Phi) is 7.02. The highest BCUT2D eigenvalue weighted by Crippen LogP contribution is 2.68. The molecule has 31 heavy (non-hydrogen) atoms. The van der Waals surface area contributed by atoms with Crippen molar-refractivity contribution in [2.75, 3.05) is 0 Å². The van der Waals surface area contributed by atoms with Gasteiger partial charge in [-0.3, -0.25) is 4.79 Å². The molecule has 0 aromatic heterocycles. The molecule has 1 heteroatoms. The molecule has 0 aliphatic heterocycles. The Labute approximate surface area is 193 Å². The van der Waals surface area contributed by atoms with Gasteiger partial charge in [-0.2, -0.15) is 0 Å². The number of carbonyl (C=O) groups is 1. The lowest BCUT2D eigenvalue weighted by molar-refractivity contribution is -0.140. The molecule has 0 bridgehead atoms. The Morgan fingerprint density at radius 2 is 1.61 bits per heavy atom. The molecule has 0 amide bonds. The fourth-order valence-corrected chi connectivity index (χ4v) is 9.88. The lowest BCUT2D eigenvalue weighted by atomic mass is 9.44. The first kappa shape index (κ1) is 23.8. The van der Waals surface area contributed by atoms with E-state index in [9.17, 15) is 4.79 Å². The van der Waals surface area contributed by atoms with Gasteiger partial charge in [-0.25, -0.2) is 0 Å². The third kappa shape index (κ3) is 4.19. The highest BCUT2D eigenvalue weighted by atomic mass is 16.1. The number of carbonyl (C=O) groups excluding carboxylic acids is 1. The van der Waals surface area contributed by atoms with Crippen LogP contribution in [0.2, 0.25) is 0 Å². The maximum atomic E-state index is 12.2. The van der Waals surface area contributed by atoms with Crippen molar-refractivity contribution < 1.29 is 4.79 Å². The van der Waals surface area contributed by atoms with Crippen LogP contribution in [-0.4, -0.2) is 5.78 Å². The Morgan fingerprint density at radius 3 is 2.32 bits per heavy atom. The summed E-state index contributed by atoms with van der Waals surface area (Å²) in [5, 5.41) is 0.